The Kier molecular flexibility index (Phi) is 6.71. The lowest BCUT2D eigenvalue weighted by Gasteiger charge is -2.40. The van der Waals surface area contributed by atoms with Crippen molar-refractivity contribution in [3.05, 3.63) is 0 Å². The van der Waals surface area contributed by atoms with Crippen LogP contribution in [-0.4, -0.2) is 30.8 Å². The molecule has 0 aromatic carbocycles. The van der Waals surface area contributed by atoms with Crippen LogP contribution in [0.2, 0.25) is 0 Å². The molecule has 0 saturated heterocycles. The average Bonchev–Trinajstić information content (AvgIpc) is 2.22. The number of hydrogen-bond acceptors (Lipinski definition) is 2. The molecule has 0 N–H and O–H groups in total. The SMILES string of the molecule is CCCOC1C(Cl)CC1OCCCC(C)C. The van der Waals surface area contributed by atoms with Gasteiger partial charge in [0.2, 0.25) is 0 Å². The van der Waals surface area contributed by atoms with Crippen molar-refractivity contribution in [2.75, 3.05) is 13.2 Å². The molecule has 0 aliphatic heterocycles. The Morgan fingerprint density at radius 2 is 2.00 bits per heavy atom. The zero-order valence-corrected chi connectivity index (χ0v) is 11.5. The molecule has 0 radical (unpaired) electrons. The van der Waals surface area contributed by atoms with E-state index >= 15 is 0 Å². The predicted octanol–water partition coefficient (Wildman–Crippen LogP) is 3.61. The smallest absolute Gasteiger partial charge is 0.100 e. The van der Waals surface area contributed by atoms with Gasteiger partial charge in [-0.05, 0) is 31.6 Å². The molecule has 1 aliphatic carbocycles. The summed E-state index contributed by atoms with van der Waals surface area (Å²) in [5.74, 6) is 0.762. The van der Waals surface area contributed by atoms with Crippen molar-refractivity contribution in [3.8, 4) is 0 Å². The van der Waals surface area contributed by atoms with E-state index in [1.54, 1.807) is 0 Å². The first-order valence-electron chi connectivity index (χ1n) is 6.52. The molecule has 0 aromatic rings. The van der Waals surface area contributed by atoms with Crippen LogP contribution in [0.1, 0.15) is 46.5 Å². The summed E-state index contributed by atoms with van der Waals surface area (Å²) < 4.78 is 11.5. The fourth-order valence-electron chi connectivity index (χ4n) is 1.88. The van der Waals surface area contributed by atoms with Crippen LogP contribution >= 0.6 is 11.6 Å². The first-order valence-corrected chi connectivity index (χ1v) is 6.96. The largest absolute Gasteiger partial charge is 0.375 e. The van der Waals surface area contributed by atoms with Gasteiger partial charge in [-0.25, -0.2) is 0 Å². The van der Waals surface area contributed by atoms with Crippen molar-refractivity contribution in [1.82, 2.24) is 0 Å². The molecule has 3 heteroatoms. The third-order valence-electron chi connectivity index (χ3n) is 2.95. The molecular weight excluding hydrogens is 224 g/mol. The Labute approximate surface area is 105 Å². The van der Waals surface area contributed by atoms with Crippen LogP contribution in [0.5, 0.6) is 0 Å². The predicted molar refractivity (Wildman–Crippen MR) is 68.1 cm³/mol. The number of hydrogen-bond donors (Lipinski definition) is 0. The second-order valence-corrected chi connectivity index (χ2v) is 5.59. The molecular formula is C13H25ClO2. The molecule has 2 nitrogen and oxygen atoms in total. The molecule has 0 spiro atoms. The minimum atomic E-state index is 0.126. The van der Waals surface area contributed by atoms with E-state index in [9.17, 15) is 0 Å². The normalized spacial score (nSPS) is 29.4. The molecule has 0 amide bonds. The van der Waals surface area contributed by atoms with Crippen LogP contribution in [0, 0.1) is 5.92 Å². The highest BCUT2D eigenvalue weighted by molar-refractivity contribution is 6.21. The van der Waals surface area contributed by atoms with Gasteiger partial charge in [0, 0.05) is 13.2 Å². The molecule has 0 aromatic heterocycles. The summed E-state index contributed by atoms with van der Waals surface area (Å²) in [6.07, 6.45) is 4.72. The van der Waals surface area contributed by atoms with Crippen LogP contribution in [0.15, 0.2) is 0 Å². The Balaban J connectivity index is 2.08. The van der Waals surface area contributed by atoms with Crippen molar-refractivity contribution in [2.24, 2.45) is 5.92 Å². The van der Waals surface area contributed by atoms with Gasteiger partial charge < -0.3 is 9.47 Å². The molecule has 3 atom stereocenters. The zero-order valence-electron chi connectivity index (χ0n) is 10.7. The standard InChI is InChI=1S/C13H25ClO2/c1-4-7-16-13-11(14)9-12(13)15-8-5-6-10(2)3/h10-13H,4-9H2,1-3H3. The highest BCUT2D eigenvalue weighted by atomic mass is 35.5. The van der Waals surface area contributed by atoms with E-state index in [1.807, 2.05) is 0 Å². The molecule has 1 saturated carbocycles. The molecule has 0 heterocycles. The van der Waals surface area contributed by atoms with Gasteiger partial charge in [-0.1, -0.05) is 20.8 Å². The number of ether oxygens (including phenoxy) is 2. The van der Waals surface area contributed by atoms with Crippen molar-refractivity contribution in [3.63, 3.8) is 0 Å². The summed E-state index contributed by atoms with van der Waals surface area (Å²) in [7, 11) is 0. The van der Waals surface area contributed by atoms with Gasteiger partial charge in [-0.3, -0.25) is 0 Å². The maximum absolute atomic E-state index is 6.10. The highest BCUT2D eigenvalue weighted by Gasteiger charge is 2.41. The number of alkyl halides is 1. The Morgan fingerprint density at radius 1 is 1.25 bits per heavy atom. The summed E-state index contributed by atoms with van der Waals surface area (Å²) >= 11 is 6.10. The number of halogens is 1. The van der Waals surface area contributed by atoms with E-state index in [2.05, 4.69) is 20.8 Å². The third kappa shape index (κ3) is 4.60. The Bertz CT molecular complexity index is 185. The van der Waals surface area contributed by atoms with Gasteiger partial charge in [0.05, 0.1) is 11.5 Å². The fourth-order valence-corrected chi connectivity index (χ4v) is 2.29. The first kappa shape index (κ1) is 14.3. The Hall–Kier alpha value is 0.210. The van der Waals surface area contributed by atoms with Crippen molar-refractivity contribution < 1.29 is 9.47 Å². The Morgan fingerprint density at radius 3 is 2.56 bits per heavy atom. The van der Waals surface area contributed by atoms with Crippen LogP contribution in [0.25, 0.3) is 0 Å². The van der Waals surface area contributed by atoms with Gasteiger partial charge >= 0.3 is 0 Å². The molecule has 1 rings (SSSR count). The molecule has 3 unspecified atom stereocenters. The maximum Gasteiger partial charge on any atom is 0.100 e. The van der Waals surface area contributed by atoms with Gasteiger partial charge in [0.25, 0.3) is 0 Å². The summed E-state index contributed by atoms with van der Waals surface area (Å²) in [6.45, 7) is 8.23. The van der Waals surface area contributed by atoms with E-state index in [0.29, 0.717) is 0 Å². The molecule has 0 bridgehead atoms. The minimum absolute atomic E-state index is 0.126. The zero-order chi connectivity index (χ0) is 12.0. The fraction of sp³-hybridized carbons (Fsp3) is 1.00. The quantitative estimate of drug-likeness (QED) is 0.483. The lowest BCUT2D eigenvalue weighted by molar-refractivity contribution is -0.124. The van der Waals surface area contributed by atoms with E-state index < -0.39 is 0 Å². The highest BCUT2D eigenvalue weighted by Crippen LogP contribution is 2.32. The lowest BCUT2D eigenvalue weighted by atomic mass is 9.91. The van der Waals surface area contributed by atoms with Gasteiger partial charge in [-0.2, -0.15) is 0 Å². The van der Waals surface area contributed by atoms with E-state index in [4.69, 9.17) is 21.1 Å². The van der Waals surface area contributed by atoms with Crippen molar-refractivity contribution in [2.45, 2.75) is 64.0 Å². The van der Waals surface area contributed by atoms with Gasteiger partial charge in [-0.15, -0.1) is 11.6 Å². The maximum atomic E-state index is 6.10. The van der Waals surface area contributed by atoms with E-state index in [0.717, 1.165) is 38.4 Å². The first-order chi connectivity index (χ1) is 7.65. The van der Waals surface area contributed by atoms with E-state index in [1.165, 1.54) is 6.42 Å². The summed E-state index contributed by atoms with van der Waals surface area (Å²) in [6, 6.07) is 0. The second kappa shape index (κ2) is 7.52. The van der Waals surface area contributed by atoms with Gasteiger partial charge in [0.1, 0.15) is 6.10 Å². The average molecular weight is 249 g/mol. The molecule has 96 valence electrons. The van der Waals surface area contributed by atoms with Crippen LogP contribution in [0.4, 0.5) is 0 Å². The summed E-state index contributed by atoms with van der Waals surface area (Å²) in [4.78, 5) is 0. The minimum Gasteiger partial charge on any atom is -0.375 e. The topological polar surface area (TPSA) is 18.5 Å². The number of rotatable bonds is 8. The third-order valence-corrected chi connectivity index (χ3v) is 3.38. The van der Waals surface area contributed by atoms with Crippen molar-refractivity contribution in [1.29, 1.82) is 0 Å². The summed E-state index contributed by atoms with van der Waals surface area (Å²) in [5, 5.41) is 0.154. The molecule has 1 fully saturated rings. The molecule has 1 aliphatic rings. The lowest BCUT2D eigenvalue weighted by Crippen LogP contribution is -2.51. The van der Waals surface area contributed by atoms with Gasteiger partial charge in [0.15, 0.2) is 0 Å². The monoisotopic (exact) mass is 248 g/mol. The van der Waals surface area contributed by atoms with Crippen LogP contribution < -0.4 is 0 Å². The summed E-state index contributed by atoms with van der Waals surface area (Å²) in [5.41, 5.74) is 0. The van der Waals surface area contributed by atoms with Crippen LogP contribution in [0.3, 0.4) is 0 Å². The van der Waals surface area contributed by atoms with Crippen LogP contribution in [-0.2, 0) is 9.47 Å². The molecule has 16 heavy (non-hydrogen) atoms. The van der Waals surface area contributed by atoms with Crippen molar-refractivity contribution >= 4 is 11.6 Å². The van der Waals surface area contributed by atoms with E-state index in [-0.39, 0.29) is 17.6 Å². The second-order valence-electron chi connectivity index (χ2n) is 5.03.